The van der Waals surface area contributed by atoms with Crippen LogP contribution in [0.4, 0.5) is 18.9 Å². The quantitative estimate of drug-likeness (QED) is 0.739. The second-order valence-corrected chi connectivity index (χ2v) is 6.02. The summed E-state index contributed by atoms with van der Waals surface area (Å²) in [6.07, 6.45) is -3.98. The predicted molar refractivity (Wildman–Crippen MR) is 71.9 cm³/mol. The lowest BCUT2D eigenvalue weighted by atomic mass is 10.3. The van der Waals surface area contributed by atoms with E-state index in [1.807, 2.05) is 0 Å². The number of nitrogens with zero attached hydrogens (tertiary/aromatic N) is 1. The van der Waals surface area contributed by atoms with Gasteiger partial charge in [-0.15, -0.1) is 13.2 Å². The molecule has 0 aliphatic carbocycles. The van der Waals surface area contributed by atoms with Gasteiger partial charge in [0, 0.05) is 0 Å². The molecule has 0 bridgehead atoms. The molecule has 0 fully saturated rings. The summed E-state index contributed by atoms with van der Waals surface area (Å²) in [6, 6.07) is 4.10. The maximum atomic E-state index is 12.1. The fourth-order valence-corrected chi connectivity index (χ4v) is 2.38. The molecule has 0 N–H and O–H groups in total. The molecule has 0 aliphatic heterocycles. The Morgan fingerprint density at radius 2 is 1.77 bits per heavy atom. The van der Waals surface area contributed by atoms with Gasteiger partial charge in [-0.05, 0) is 31.2 Å². The monoisotopic (exact) mass is 341 g/mol. The largest absolute Gasteiger partial charge is 0.573 e. The molecule has 0 saturated heterocycles. The fourth-order valence-electron chi connectivity index (χ4n) is 1.54. The van der Waals surface area contributed by atoms with Gasteiger partial charge >= 0.3 is 12.3 Å². The molecular formula is C12H14F3NO5S. The van der Waals surface area contributed by atoms with Crippen molar-refractivity contribution in [1.29, 1.82) is 0 Å². The molecule has 1 rings (SSSR count). The molecule has 6 nitrogen and oxygen atoms in total. The molecule has 0 radical (unpaired) electrons. The first-order valence-electron chi connectivity index (χ1n) is 6.02. The Labute approximate surface area is 125 Å². The molecule has 22 heavy (non-hydrogen) atoms. The van der Waals surface area contributed by atoms with Crippen LogP contribution in [0.2, 0.25) is 0 Å². The van der Waals surface area contributed by atoms with Crippen molar-refractivity contribution in [3.63, 3.8) is 0 Å². The number of halogens is 3. The summed E-state index contributed by atoms with van der Waals surface area (Å²) >= 11 is 0. The summed E-state index contributed by atoms with van der Waals surface area (Å²) < 4.78 is 68.6. The van der Waals surface area contributed by atoms with E-state index in [1.165, 1.54) is 0 Å². The first-order chi connectivity index (χ1) is 10.0. The Morgan fingerprint density at radius 1 is 1.23 bits per heavy atom. The normalized spacial score (nSPS) is 11.9. The molecule has 0 unspecified atom stereocenters. The van der Waals surface area contributed by atoms with Crippen LogP contribution in [-0.4, -0.2) is 40.2 Å². The number of esters is 1. The molecule has 0 atom stereocenters. The molecule has 1 aromatic carbocycles. The maximum absolute atomic E-state index is 12.1. The number of carbonyl (C=O) groups excluding carboxylic acids is 1. The van der Waals surface area contributed by atoms with Crippen LogP contribution in [0.5, 0.6) is 5.75 Å². The Hall–Kier alpha value is -1.97. The minimum atomic E-state index is -4.84. The zero-order valence-electron chi connectivity index (χ0n) is 11.8. The van der Waals surface area contributed by atoms with Gasteiger partial charge < -0.3 is 9.47 Å². The summed E-state index contributed by atoms with van der Waals surface area (Å²) in [4.78, 5) is 11.4. The number of alkyl halides is 3. The minimum absolute atomic E-state index is 0.0186. The smallest absolute Gasteiger partial charge is 0.465 e. The van der Waals surface area contributed by atoms with Crippen LogP contribution in [0.3, 0.4) is 0 Å². The number of rotatable bonds is 6. The molecule has 0 aliphatic rings. The molecule has 0 spiro atoms. The Kier molecular flexibility index (Phi) is 5.64. The lowest BCUT2D eigenvalue weighted by Gasteiger charge is -2.21. The van der Waals surface area contributed by atoms with Gasteiger partial charge in [-0.2, -0.15) is 0 Å². The third-order valence-electron chi connectivity index (χ3n) is 2.34. The third-order valence-corrected chi connectivity index (χ3v) is 3.48. The van der Waals surface area contributed by atoms with Crippen molar-refractivity contribution >= 4 is 21.7 Å². The van der Waals surface area contributed by atoms with Gasteiger partial charge in [0.2, 0.25) is 10.0 Å². The second kappa shape index (κ2) is 6.86. The van der Waals surface area contributed by atoms with Crippen molar-refractivity contribution in [3.8, 4) is 5.75 Å². The number of benzene rings is 1. The summed E-state index contributed by atoms with van der Waals surface area (Å²) in [6.45, 7) is 1.06. The zero-order chi connectivity index (χ0) is 17.0. The summed E-state index contributed by atoms with van der Waals surface area (Å²) in [5.74, 6) is -1.27. The minimum Gasteiger partial charge on any atom is -0.465 e. The van der Waals surface area contributed by atoms with Crippen molar-refractivity contribution in [3.05, 3.63) is 24.3 Å². The van der Waals surface area contributed by atoms with Crippen LogP contribution in [0.25, 0.3) is 0 Å². The summed E-state index contributed by atoms with van der Waals surface area (Å²) in [7, 11) is -3.81. The van der Waals surface area contributed by atoms with E-state index in [9.17, 15) is 26.4 Å². The van der Waals surface area contributed by atoms with E-state index in [0.717, 1.165) is 34.8 Å². The number of sulfonamides is 1. The number of hydrogen-bond donors (Lipinski definition) is 0. The van der Waals surface area contributed by atoms with Crippen molar-refractivity contribution in [2.75, 3.05) is 23.7 Å². The van der Waals surface area contributed by atoms with Crippen molar-refractivity contribution < 1.29 is 35.9 Å². The van der Waals surface area contributed by atoms with Gasteiger partial charge in [-0.3, -0.25) is 9.10 Å². The van der Waals surface area contributed by atoms with Crippen LogP contribution < -0.4 is 9.04 Å². The second-order valence-electron chi connectivity index (χ2n) is 4.12. The van der Waals surface area contributed by atoms with E-state index in [-0.39, 0.29) is 12.3 Å². The average molecular weight is 341 g/mol. The summed E-state index contributed by atoms with van der Waals surface area (Å²) in [5, 5.41) is 0. The number of anilines is 1. The highest BCUT2D eigenvalue weighted by atomic mass is 32.2. The maximum Gasteiger partial charge on any atom is 0.573 e. The van der Waals surface area contributed by atoms with Gasteiger partial charge in [-0.25, -0.2) is 8.42 Å². The van der Waals surface area contributed by atoms with Gasteiger partial charge in [0.05, 0.1) is 18.6 Å². The molecule has 0 heterocycles. The van der Waals surface area contributed by atoms with E-state index in [0.29, 0.717) is 0 Å². The Bertz CT molecular complexity index is 613. The standard InChI is InChI=1S/C12H14F3NO5S/c1-3-20-11(17)8-16(22(2,18)19)9-4-6-10(7-5-9)21-12(13,14)15/h4-7H,3,8H2,1-2H3. The third kappa shape index (κ3) is 5.80. The van der Waals surface area contributed by atoms with E-state index >= 15 is 0 Å². The Morgan fingerprint density at radius 3 is 2.18 bits per heavy atom. The predicted octanol–water partition coefficient (Wildman–Crippen LogP) is 1.91. The number of hydrogen-bond acceptors (Lipinski definition) is 5. The van der Waals surface area contributed by atoms with Crippen molar-refractivity contribution in [1.82, 2.24) is 0 Å². The molecule has 0 aromatic heterocycles. The number of carbonyl (C=O) groups is 1. The summed E-state index contributed by atoms with van der Waals surface area (Å²) in [5.41, 5.74) is 0.0186. The van der Waals surface area contributed by atoms with Crippen LogP contribution >= 0.6 is 0 Å². The van der Waals surface area contributed by atoms with E-state index in [2.05, 4.69) is 9.47 Å². The van der Waals surface area contributed by atoms with Crippen LogP contribution in [-0.2, 0) is 19.6 Å². The highest BCUT2D eigenvalue weighted by Crippen LogP contribution is 2.26. The average Bonchev–Trinajstić information content (AvgIpc) is 2.34. The molecule has 1 aromatic rings. The molecular weight excluding hydrogens is 327 g/mol. The topological polar surface area (TPSA) is 72.9 Å². The van der Waals surface area contributed by atoms with Gasteiger partial charge in [0.1, 0.15) is 12.3 Å². The van der Waals surface area contributed by atoms with E-state index in [4.69, 9.17) is 0 Å². The number of ether oxygens (including phenoxy) is 2. The SMILES string of the molecule is CCOC(=O)CN(c1ccc(OC(F)(F)F)cc1)S(C)(=O)=O. The molecule has 10 heteroatoms. The highest BCUT2D eigenvalue weighted by Gasteiger charge is 2.31. The van der Waals surface area contributed by atoms with E-state index in [1.54, 1.807) is 6.92 Å². The van der Waals surface area contributed by atoms with Crippen molar-refractivity contribution in [2.24, 2.45) is 0 Å². The first kappa shape index (κ1) is 18.1. The van der Waals surface area contributed by atoms with Gasteiger partial charge in [-0.1, -0.05) is 0 Å². The zero-order valence-corrected chi connectivity index (χ0v) is 12.6. The lowest BCUT2D eigenvalue weighted by molar-refractivity contribution is -0.274. The van der Waals surface area contributed by atoms with Crippen LogP contribution in [0.15, 0.2) is 24.3 Å². The fraction of sp³-hybridized carbons (Fsp3) is 0.417. The highest BCUT2D eigenvalue weighted by molar-refractivity contribution is 7.92. The molecule has 0 saturated carbocycles. The van der Waals surface area contributed by atoms with Crippen molar-refractivity contribution in [2.45, 2.75) is 13.3 Å². The van der Waals surface area contributed by atoms with Gasteiger partial charge in [0.25, 0.3) is 0 Å². The molecule has 124 valence electrons. The Balaban J connectivity index is 2.99. The first-order valence-corrected chi connectivity index (χ1v) is 7.87. The van der Waals surface area contributed by atoms with Crippen LogP contribution in [0.1, 0.15) is 6.92 Å². The lowest BCUT2D eigenvalue weighted by Crippen LogP contribution is -2.35. The van der Waals surface area contributed by atoms with E-state index < -0.39 is 34.6 Å². The molecule has 0 amide bonds. The van der Waals surface area contributed by atoms with Crippen LogP contribution in [0, 0.1) is 0 Å². The van der Waals surface area contributed by atoms with Gasteiger partial charge in [0.15, 0.2) is 0 Å².